The molecule has 0 aliphatic carbocycles. The lowest BCUT2D eigenvalue weighted by molar-refractivity contribution is 0.240. The number of hydrogen-bond acceptors (Lipinski definition) is 2. The van der Waals surface area contributed by atoms with E-state index in [0.717, 1.165) is 23.4 Å². The lowest BCUT2D eigenvalue weighted by atomic mass is 9.99. The lowest BCUT2D eigenvalue weighted by Gasteiger charge is -2.22. The maximum absolute atomic E-state index is 13.6. The number of ether oxygens (including phenoxy) is 1. The normalized spacial score (nSPS) is 20.1. The summed E-state index contributed by atoms with van der Waals surface area (Å²) in [6.07, 6.45) is -0.785. The Balaban J connectivity index is 2.27. The van der Waals surface area contributed by atoms with Gasteiger partial charge in [-0.15, -0.1) is 0 Å². The molecule has 1 atom stereocenters. The molecule has 82 valence electrons. The highest BCUT2D eigenvalue weighted by molar-refractivity contribution is 5.38. The molecule has 1 heterocycles. The third kappa shape index (κ3) is 2.29. The molecule has 2 nitrogen and oxygen atoms in total. The van der Waals surface area contributed by atoms with E-state index in [4.69, 9.17) is 4.74 Å². The molecule has 0 saturated heterocycles. The van der Waals surface area contributed by atoms with E-state index in [1.54, 1.807) is 0 Å². The highest BCUT2D eigenvalue weighted by Gasteiger charge is 2.19. The summed E-state index contributed by atoms with van der Waals surface area (Å²) in [5.41, 5.74) is 1.80. The van der Waals surface area contributed by atoms with Crippen LogP contribution >= 0.6 is 0 Å². The summed E-state index contributed by atoms with van der Waals surface area (Å²) in [4.78, 5) is 0. The maximum atomic E-state index is 13.6. The van der Waals surface area contributed by atoms with Gasteiger partial charge in [-0.05, 0) is 37.1 Å². The predicted molar refractivity (Wildman–Crippen MR) is 57.8 cm³/mol. The molecular weight excluding hydrogens is 193 g/mol. The standard InChI is InChI=1S/C12H16FNO/c1-8(2)15-10-4-3-9-6-14-7-12(13)11(9)5-10/h3-5,8,12,14H,6-7H2,1-2H3. The second kappa shape index (κ2) is 4.19. The molecule has 15 heavy (non-hydrogen) atoms. The summed E-state index contributed by atoms with van der Waals surface area (Å²) in [6, 6.07) is 5.66. The molecule has 1 aliphatic rings. The number of nitrogens with one attached hydrogen (secondary N) is 1. The molecule has 0 radical (unpaired) electrons. The van der Waals surface area contributed by atoms with Gasteiger partial charge in [-0.25, -0.2) is 4.39 Å². The van der Waals surface area contributed by atoms with Crippen molar-refractivity contribution in [3.63, 3.8) is 0 Å². The van der Waals surface area contributed by atoms with E-state index < -0.39 is 6.17 Å². The van der Waals surface area contributed by atoms with Crippen LogP contribution in [0.5, 0.6) is 5.75 Å². The van der Waals surface area contributed by atoms with Crippen molar-refractivity contribution in [3.05, 3.63) is 29.3 Å². The molecule has 0 fully saturated rings. The van der Waals surface area contributed by atoms with Gasteiger partial charge in [-0.3, -0.25) is 0 Å². The summed E-state index contributed by atoms with van der Waals surface area (Å²) in [5, 5.41) is 3.04. The third-order valence-corrected chi connectivity index (χ3v) is 2.47. The minimum absolute atomic E-state index is 0.128. The van der Waals surface area contributed by atoms with Crippen molar-refractivity contribution < 1.29 is 9.13 Å². The minimum Gasteiger partial charge on any atom is -0.491 e. The van der Waals surface area contributed by atoms with E-state index in [0.29, 0.717) is 6.54 Å². The van der Waals surface area contributed by atoms with Crippen LogP contribution in [0.4, 0.5) is 4.39 Å². The van der Waals surface area contributed by atoms with E-state index in [2.05, 4.69) is 5.32 Å². The Morgan fingerprint density at radius 2 is 2.27 bits per heavy atom. The van der Waals surface area contributed by atoms with Crippen LogP contribution in [0.2, 0.25) is 0 Å². The SMILES string of the molecule is CC(C)Oc1ccc2c(c1)C(F)CNC2. The fraction of sp³-hybridized carbons (Fsp3) is 0.500. The van der Waals surface area contributed by atoms with Gasteiger partial charge in [-0.1, -0.05) is 6.07 Å². The molecule has 0 saturated carbocycles. The first-order valence-corrected chi connectivity index (χ1v) is 5.31. The largest absolute Gasteiger partial charge is 0.491 e. The molecule has 0 spiro atoms. The highest BCUT2D eigenvalue weighted by atomic mass is 19.1. The maximum Gasteiger partial charge on any atom is 0.138 e. The first kappa shape index (κ1) is 10.4. The van der Waals surface area contributed by atoms with E-state index in [-0.39, 0.29) is 6.10 Å². The Bertz CT molecular complexity index is 351. The minimum atomic E-state index is -0.913. The number of alkyl halides is 1. The van der Waals surface area contributed by atoms with E-state index in [1.807, 2.05) is 32.0 Å². The van der Waals surface area contributed by atoms with Crippen LogP contribution in [0.25, 0.3) is 0 Å². The Kier molecular flexibility index (Phi) is 2.91. The van der Waals surface area contributed by atoms with Crippen LogP contribution in [0.15, 0.2) is 18.2 Å². The van der Waals surface area contributed by atoms with Crippen LogP contribution in [0.1, 0.15) is 31.1 Å². The second-order valence-corrected chi connectivity index (χ2v) is 4.13. The molecule has 1 unspecified atom stereocenters. The molecule has 0 aromatic heterocycles. The van der Waals surface area contributed by atoms with Gasteiger partial charge < -0.3 is 10.1 Å². The summed E-state index contributed by atoms with van der Waals surface area (Å²) in [5.74, 6) is 0.758. The molecule has 2 rings (SSSR count). The molecule has 0 bridgehead atoms. The fourth-order valence-electron chi connectivity index (χ4n) is 1.81. The van der Waals surface area contributed by atoms with Gasteiger partial charge in [0.1, 0.15) is 11.9 Å². The second-order valence-electron chi connectivity index (χ2n) is 4.13. The van der Waals surface area contributed by atoms with E-state index >= 15 is 0 Å². The van der Waals surface area contributed by atoms with Crippen molar-refractivity contribution in [2.45, 2.75) is 32.7 Å². The number of rotatable bonds is 2. The van der Waals surface area contributed by atoms with Crippen LogP contribution in [-0.2, 0) is 6.54 Å². The van der Waals surface area contributed by atoms with E-state index in [1.165, 1.54) is 0 Å². The zero-order valence-corrected chi connectivity index (χ0v) is 9.09. The van der Waals surface area contributed by atoms with Crippen molar-refractivity contribution in [3.8, 4) is 5.75 Å². The first-order valence-electron chi connectivity index (χ1n) is 5.31. The third-order valence-electron chi connectivity index (χ3n) is 2.47. The monoisotopic (exact) mass is 209 g/mol. The first-order chi connectivity index (χ1) is 7.16. The highest BCUT2D eigenvalue weighted by Crippen LogP contribution is 2.28. The zero-order valence-electron chi connectivity index (χ0n) is 9.09. The average Bonchev–Trinajstić information content (AvgIpc) is 2.18. The molecule has 0 amide bonds. The predicted octanol–water partition coefficient (Wildman–Crippen LogP) is 2.59. The van der Waals surface area contributed by atoms with Gasteiger partial charge in [0.2, 0.25) is 0 Å². The number of halogens is 1. The molecular formula is C12H16FNO. The van der Waals surface area contributed by atoms with Crippen molar-refractivity contribution in [1.29, 1.82) is 0 Å². The molecule has 1 N–H and O–H groups in total. The van der Waals surface area contributed by atoms with Crippen molar-refractivity contribution in [2.24, 2.45) is 0 Å². The van der Waals surface area contributed by atoms with Gasteiger partial charge >= 0.3 is 0 Å². The van der Waals surface area contributed by atoms with Crippen molar-refractivity contribution in [1.82, 2.24) is 5.32 Å². The number of hydrogen-bond donors (Lipinski definition) is 1. The fourth-order valence-corrected chi connectivity index (χ4v) is 1.81. The molecule has 3 heteroatoms. The van der Waals surface area contributed by atoms with Crippen LogP contribution in [0, 0.1) is 0 Å². The lowest BCUT2D eigenvalue weighted by Crippen LogP contribution is -2.26. The Morgan fingerprint density at radius 1 is 1.47 bits per heavy atom. The summed E-state index contributed by atoms with van der Waals surface area (Å²) < 4.78 is 19.1. The van der Waals surface area contributed by atoms with Gasteiger partial charge in [0, 0.05) is 13.1 Å². The van der Waals surface area contributed by atoms with Gasteiger partial charge in [-0.2, -0.15) is 0 Å². The van der Waals surface area contributed by atoms with Gasteiger partial charge in [0.05, 0.1) is 6.10 Å². The van der Waals surface area contributed by atoms with Crippen molar-refractivity contribution in [2.75, 3.05) is 6.54 Å². The average molecular weight is 209 g/mol. The van der Waals surface area contributed by atoms with E-state index in [9.17, 15) is 4.39 Å². The molecule has 1 aromatic carbocycles. The zero-order chi connectivity index (χ0) is 10.8. The molecule has 1 aliphatic heterocycles. The van der Waals surface area contributed by atoms with Crippen LogP contribution in [0.3, 0.4) is 0 Å². The van der Waals surface area contributed by atoms with Crippen LogP contribution in [-0.4, -0.2) is 12.6 Å². The Morgan fingerprint density at radius 3 is 3.00 bits per heavy atom. The summed E-state index contributed by atoms with van der Waals surface area (Å²) in [6.45, 7) is 5.08. The van der Waals surface area contributed by atoms with Crippen LogP contribution < -0.4 is 10.1 Å². The van der Waals surface area contributed by atoms with Gasteiger partial charge in [0.25, 0.3) is 0 Å². The Labute approximate surface area is 89.4 Å². The summed E-state index contributed by atoms with van der Waals surface area (Å²) in [7, 11) is 0. The Hall–Kier alpha value is -1.09. The topological polar surface area (TPSA) is 21.3 Å². The molecule has 1 aromatic rings. The van der Waals surface area contributed by atoms with Crippen molar-refractivity contribution >= 4 is 0 Å². The quantitative estimate of drug-likeness (QED) is 0.808. The summed E-state index contributed by atoms with van der Waals surface area (Å²) >= 11 is 0. The number of fused-ring (bicyclic) bond motifs is 1. The smallest absolute Gasteiger partial charge is 0.138 e. The number of benzene rings is 1. The van der Waals surface area contributed by atoms with Gasteiger partial charge in [0.15, 0.2) is 0 Å².